The Kier molecular flexibility index (Phi) is 7.32. The largest absolute Gasteiger partial charge is 0.492 e. The number of hydrogen-bond donors (Lipinski definition) is 0. The number of likely N-dealkylation sites (N-methyl/N-ethyl adjacent to an activating group) is 1. The average molecular weight is 416 g/mol. The summed E-state index contributed by atoms with van der Waals surface area (Å²) in [5, 5.41) is 0. The summed E-state index contributed by atoms with van der Waals surface area (Å²) in [6.45, 7) is 3.10. The number of ether oxygens (including phenoxy) is 3. The second kappa shape index (κ2) is 9.94. The second-order valence-corrected chi connectivity index (χ2v) is 8.04. The van der Waals surface area contributed by atoms with Gasteiger partial charge in [-0.25, -0.2) is 4.39 Å². The van der Waals surface area contributed by atoms with Crippen LogP contribution >= 0.6 is 0 Å². The van der Waals surface area contributed by atoms with Gasteiger partial charge in [-0.3, -0.25) is 4.79 Å². The molecule has 1 heterocycles. The van der Waals surface area contributed by atoms with E-state index in [0.29, 0.717) is 36.5 Å². The molecule has 2 aromatic rings. The number of benzene rings is 2. The van der Waals surface area contributed by atoms with Gasteiger partial charge in [-0.15, -0.1) is 0 Å². The van der Waals surface area contributed by atoms with Crippen molar-refractivity contribution in [3.63, 3.8) is 0 Å². The first kappa shape index (κ1) is 22.1. The van der Waals surface area contributed by atoms with E-state index in [1.165, 1.54) is 12.1 Å². The highest BCUT2D eigenvalue weighted by Crippen LogP contribution is 2.48. The van der Waals surface area contributed by atoms with Gasteiger partial charge in [0, 0.05) is 24.9 Å². The first-order valence-electron chi connectivity index (χ1n) is 10.3. The molecule has 1 aliphatic rings. The average Bonchev–Trinajstić information content (AvgIpc) is 3.18. The van der Waals surface area contributed by atoms with E-state index in [0.717, 1.165) is 29.7 Å². The van der Waals surface area contributed by atoms with Gasteiger partial charge in [0.1, 0.15) is 11.6 Å². The van der Waals surface area contributed by atoms with Crippen LogP contribution in [0.2, 0.25) is 0 Å². The quantitative estimate of drug-likeness (QED) is 0.577. The molecular weight excluding hydrogens is 385 g/mol. The van der Waals surface area contributed by atoms with E-state index in [1.54, 1.807) is 19.2 Å². The lowest BCUT2D eigenvalue weighted by Gasteiger charge is -2.22. The van der Waals surface area contributed by atoms with E-state index in [4.69, 9.17) is 14.2 Å². The fraction of sp³-hybridized carbons (Fsp3) is 0.458. The number of carbonyl (C=O) groups excluding carboxylic acids is 1. The van der Waals surface area contributed by atoms with Crippen molar-refractivity contribution in [3.05, 3.63) is 52.8 Å². The number of nitrogens with zero attached hydrogens (tertiary/aromatic N) is 1. The highest BCUT2D eigenvalue weighted by molar-refractivity contribution is 5.80. The zero-order valence-electron chi connectivity index (χ0n) is 18.2. The molecule has 3 rings (SSSR count). The van der Waals surface area contributed by atoms with Crippen LogP contribution in [0.4, 0.5) is 4.39 Å². The topological polar surface area (TPSA) is 48.0 Å². The lowest BCUT2D eigenvalue weighted by atomic mass is 9.87. The van der Waals surface area contributed by atoms with Gasteiger partial charge >= 0.3 is 0 Å². The van der Waals surface area contributed by atoms with Gasteiger partial charge in [0.25, 0.3) is 0 Å². The summed E-state index contributed by atoms with van der Waals surface area (Å²) < 4.78 is 30.0. The van der Waals surface area contributed by atoms with E-state index in [1.807, 2.05) is 20.2 Å². The number of hydrogen-bond acceptors (Lipinski definition) is 5. The zero-order valence-corrected chi connectivity index (χ0v) is 18.2. The van der Waals surface area contributed by atoms with Crippen LogP contribution in [-0.2, 0) is 17.6 Å². The van der Waals surface area contributed by atoms with Crippen LogP contribution in [0.3, 0.4) is 0 Å². The number of halogens is 1. The molecule has 0 aromatic heterocycles. The van der Waals surface area contributed by atoms with Crippen LogP contribution in [0, 0.1) is 5.82 Å². The summed E-state index contributed by atoms with van der Waals surface area (Å²) in [5.41, 5.74) is 3.09. The predicted octanol–water partition coefficient (Wildman–Crippen LogP) is 4.36. The van der Waals surface area contributed by atoms with Crippen LogP contribution in [0.5, 0.6) is 17.2 Å². The number of Topliss-reactive ketones (excluding diaryl/α,β-unsaturated/α-hetero) is 1. The fourth-order valence-electron chi connectivity index (χ4n) is 3.85. The third-order valence-corrected chi connectivity index (χ3v) is 5.41. The predicted molar refractivity (Wildman–Crippen MR) is 114 cm³/mol. The monoisotopic (exact) mass is 415 g/mol. The third-order valence-electron chi connectivity index (χ3n) is 5.41. The van der Waals surface area contributed by atoms with Crippen molar-refractivity contribution in [2.45, 2.75) is 38.5 Å². The molecule has 5 nitrogen and oxygen atoms in total. The van der Waals surface area contributed by atoms with Crippen molar-refractivity contribution >= 4 is 5.78 Å². The van der Waals surface area contributed by atoms with Crippen molar-refractivity contribution in [3.8, 4) is 17.2 Å². The minimum absolute atomic E-state index is 0.0210. The first-order chi connectivity index (χ1) is 14.4. The molecule has 0 N–H and O–H groups in total. The summed E-state index contributed by atoms with van der Waals surface area (Å²) in [7, 11) is 5.69. The summed E-state index contributed by atoms with van der Waals surface area (Å²) in [5.74, 6) is 1.86. The van der Waals surface area contributed by atoms with Crippen LogP contribution in [0.25, 0.3) is 0 Å². The highest BCUT2D eigenvalue weighted by atomic mass is 19.1. The normalized spacial score (nSPS) is 13.5. The molecule has 0 fully saturated rings. The molecule has 1 atom stereocenters. The van der Waals surface area contributed by atoms with Crippen molar-refractivity contribution < 1.29 is 23.4 Å². The van der Waals surface area contributed by atoms with Crippen molar-refractivity contribution in [2.24, 2.45) is 0 Å². The third kappa shape index (κ3) is 5.30. The van der Waals surface area contributed by atoms with Gasteiger partial charge in [-0.1, -0.05) is 19.1 Å². The van der Waals surface area contributed by atoms with Gasteiger partial charge in [0.2, 0.25) is 12.5 Å². The van der Waals surface area contributed by atoms with Gasteiger partial charge in [0.05, 0.1) is 7.11 Å². The van der Waals surface area contributed by atoms with Crippen LogP contribution < -0.4 is 14.2 Å². The van der Waals surface area contributed by atoms with Crippen molar-refractivity contribution in [2.75, 3.05) is 34.5 Å². The van der Waals surface area contributed by atoms with E-state index in [9.17, 15) is 9.18 Å². The molecule has 0 spiro atoms. The Morgan fingerprint density at radius 1 is 1.20 bits per heavy atom. The van der Waals surface area contributed by atoms with E-state index in [-0.39, 0.29) is 24.3 Å². The standard InChI is InChI=1S/C24H30FNO4/c1-16(13-20(27)10-7-17-5-8-19(25)9-6-17)22-18(11-12-26(2)3)14-21-23(24(22)28-4)30-15-29-21/h5-6,8-9,14,16H,7,10-13,15H2,1-4H3. The summed E-state index contributed by atoms with van der Waals surface area (Å²) in [6.07, 6.45) is 2.27. The van der Waals surface area contributed by atoms with Crippen molar-refractivity contribution in [1.29, 1.82) is 0 Å². The summed E-state index contributed by atoms with van der Waals surface area (Å²) in [6, 6.07) is 8.33. The molecule has 30 heavy (non-hydrogen) atoms. The lowest BCUT2D eigenvalue weighted by molar-refractivity contribution is -0.119. The molecule has 0 radical (unpaired) electrons. The maximum Gasteiger partial charge on any atom is 0.231 e. The summed E-state index contributed by atoms with van der Waals surface area (Å²) in [4.78, 5) is 14.8. The Morgan fingerprint density at radius 3 is 2.60 bits per heavy atom. The Hall–Kier alpha value is -2.60. The van der Waals surface area contributed by atoms with Gasteiger partial charge in [-0.2, -0.15) is 0 Å². The van der Waals surface area contributed by atoms with Crippen LogP contribution in [0.15, 0.2) is 30.3 Å². The Morgan fingerprint density at radius 2 is 1.93 bits per heavy atom. The van der Waals surface area contributed by atoms with Gasteiger partial charge in [0.15, 0.2) is 11.5 Å². The molecule has 0 saturated heterocycles. The summed E-state index contributed by atoms with van der Waals surface area (Å²) >= 11 is 0. The number of rotatable bonds is 10. The zero-order chi connectivity index (χ0) is 21.7. The Balaban J connectivity index is 1.76. The number of aryl methyl sites for hydroxylation is 1. The van der Waals surface area contributed by atoms with Gasteiger partial charge in [-0.05, 0) is 62.2 Å². The molecule has 162 valence electrons. The smallest absolute Gasteiger partial charge is 0.231 e. The second-order valence-electron chi connectivity index (χ2n) is 8.04. The minimum Gasteiger partial charge on any atom is -0.492 e. The molecule has 0 saturated carbocycles. The number of carbonyl (C=O) groups is 1. The van der Waals surface area contributed by atoms with E-state index >= 15 is 0 Å². The molecule has 0 aliphatic carbocycles. The SMILES string of the molecule is COc1c2c(cc(CCN(C)C)c1C(C)CC(=O)CCc1ccc(F)cc1)OCO2. The molecule has 1 unspecified atom stereocenters. The lowest BCUT2D eigenvalue weighted by Crippen LogP contribution is -2.17. The fourth-order valence-corrected chi connectivity index (χ4v) is 3.85. The van der Waals surface area contributed by atoms with Crippen molar-refractivity contribution in [1.82, 2.24) is 4.90 Å². The van der Waals surface area contributed by atoms with Crippen LogP contribution in [-0.4, -0.2) is 45.2 Å². The highest BCUT2D eigenvalue weighted by Gasteiger charge is 2.28. The van der Waals surface area contributed by atoms with Gasteiger partial charge < -0.3 is 19.1 Å². The minimum atomic E-state index is -0.265. The molecule has 1 aliphatic heterocycles. The number of ketones is 1. The van der Waals surface area contributed by atoms with E-state index in [2.05, 4.69) is 11.8 Å². The van der Waals surface area contributed by atoms with E-state index < -0.39 is 0 Å². The Bertz CT molecular complexity index is 880. The number of fused-ring (bicyclic) bond motifs is 1. The first-order valence-corrected chi connectivity index (χ1v) is 10.3. The van der Waals surface area contributed by atoms with Crippen LogP contribution in [0.1, 0.15) is 42.4 Å². The molecular formula is C24H30FNO4. The molecule has 6 heteroatoms. The number of methoxy groups -OCH3 is 1. The Labute approximate surface area is 177 Å². The maximum absolute atomic E-state index is 13.1. The molecule has 2 aromatic carbocycles. The molecule has 0 amide bonds. The maximum atomic E-state index is 13.1. The molecule has 0 bridgehead atoms.